The first-order valence-corrected chi connectivity index (χ1v) is 7.86. The van der Waals surface area contributed by atoms with Crippen LogP contribution in [0, 0.1) is 6.92 Å². The third kappa shape index (κ3) is 5.04. The van der Waals surface area contributed by atoms with E-state index in [1.54, 1.807) is 37.3 Å². The van der Waals surface area contributed by atoms with Crippen LogP contribution >= 0.6 is 0 Å². The minimum absolute atomic E-state index is 0.0621. The number of nitrogens with one attached hydrogen (secondary N) is 1. The summed E-state index contributed by atoms with van der Waals surface area (Å²) in [6.45, 7) is 8.83. The number of benzene rings is 1. The summed E-state index contributed by atoms with van der Waals surface area (Å²) in [6, 6.07) is 6.29. The second kappa shape index (κ2) is 7.04. The number of allylic oxidation sites excluding steroid dienone is 4. The van der Waals surface area contributed by atoms with Crippen molar-refractivity contribution in [1.29, 1.82) is 0 Å². The van der Waals surface area contributed by atoms with Crippen molar-refractivity contribution < 1.29 is 13.2 Å². The quantitative estimate of drug-likeness (QED) is 0.672. The summed E-state index contributed by atoms with van der Waals surface area (Å²) >= 11 is 0. The molecule has 4 nitrogen and oxygen atoms in total. The molecule has 0 fully saturated rings. The van der Waals surface area contributed by atoms with E-state index in [2.05, 4.69) is 6.58 Å². The Morgan fingerprint density at radius 2 is 1.71 bits per heavy atom. The van der Waals surface area contributed by atoms with Gasteiger partial charge in [0.2, 0.25) is 0 Å². The summed E-state index contributed by atoms with van der Waals surface area (Å²) in [7, 11) is -3.85. The van der Waals surface area contributed by atoms with Crippen molar-refractivity contribution in [2.75, 3.05) is 0 Å². The number of carbonyl (C=O) groups is 1. The summed E-state index contributed by atoms with van der Waals surface area (Å²) in [4.78, 5) is 11.9. The fourth-order valence-electron chi connectivity index (χ4n) is 1.38. The Morgan fingerprint density at radius 1 is 1.14 bits per heavy atom. The first kappa shape index (κ1) is 16.9. The third-order valence-corrected chi connectivity index (χ3v) is 4.18. The number of sulfonamides is 1. The summed E-state index contributed by atoms with van der Waals surface area (Å²) in [5.41, 5.74) is 2.12. The van der Waals surface area contributed by atoms with Crippen molar-refractivity contribution in [3.05, 3.63) is 65.8 Å². The number of rotatable bonds is 5. The third-order valence-electron chi connectivity index (χ3n) is 2.83. The highest BCUT2D eigenvalue weighted by molar-refractivity contribution is 7.90. The molecule has 5 heteroatoms. The fraction of sp³-hybridized carbons (Fsp3) is 0.188. The van der Waals surface area contributed by atoms with Crippen molar-refractivity contribution >= 4 is 15.9 Å². The van der Waals surface area contributed by atoms with E-state index in [-0.39, 0.29) is 4.90 Å². The van der Waals surface area contributed by atoms with E-state index in [1.165, 1.54) is 12.1 Å². The molecule has 0 heterocycles. The van der Waals surface area contributed by atoms with Crippen LogP contribution in [0.5, 0.6) is 0 Å². The zero-order valence-electron chi connectivity index (χ0n) is 12.4. The van der Waals surface area contributed by atoms with E-state index < -0.39 is 15.9 Å². The van der Waals surface area contributed by atoms with Crippen LogP contribution in [0.3, 0.4) is 0 Å². The average Bonchev–Trinajstić information content (AvgIpc) is 2.44. The molecule has 0 saturated heterocycles. The van der Waals surface area contributed by atoms with E-state index in [9.17, 15) is 13.2 Å². The minimum atomic E-state index is -3.85. The highest BCUT2D eigenvalue weighted by atomic mass is 32.2. The summed E-state index contributed by atoms with van der Waals surface area (Å²) < 4.78 is 26.2. The van der Waals surface area contributed by atoms with E-state index in [4.69, 9.17) is 0 Å². The monoisotopic (exact) mass is 305 g/mol. The lowest BCUT2D eigenvalue weighted by atomic mass is 10.2. The van der Waals surface area contributed by atoms with E-state index >= 15 is 0 Å². The van der Waals surface area contributed by atoms with Gasteiger partial charge in [0, 0.05) is 5.57 Å². The molecule has 0 radical (unpaired) electrons. The molecule has 1 aromatic rings. The van der Waals surface area contributed by atoms with Crippen LogP contribution in [-0.4, -0.2) is 14.3 Å². The molecule has 0 aliphatic rings. The molecule has 1 rings (SSSR count). The number of carbonyl (C=O) groups excluding carboxylic acids is 1. The molecular formula is C16H19NO3S. The lowest BCUT2D eigenvalue weighted by Gasteiger charge is -2.07. The maximum absolute atomic E-state index is 12.1. The Morgan fingerprint density at radius 3 is 2.24 bits per heavy atom. The van der Waals surface area contributed by atoms with Crippen LogP contribution in [-0.2, 0) is 14.8 Å². The van der Waals surface area contributed by atoms with Gasteiger partial charge in [-0.3, -0.25) is 4.79 Å². The van der Waals surface area contributed by atoms with Crippen molar-refractivity contribution in [3.8, 4) is 0 Å². The van der Waals surface area contributed by atoms with Crippen molar-refractivity contribution in [3.63, 3.8) is 0 Å². The van der Waals surface area contributed by atoms with Crippen molar-refractivity contribution in [2.45, 2.75) is 25.7 Å². The molecule has 0 unspecified atom stereocenters. The number of hydrogen-bond acceptors (Lipinski definition) is 3. The van der Waals surface area contributed by atoms with Gasteiger partial charge in [-0.1, -0.05) is 48.1 Å². The van der Waals surface area contributed by atoms with Crippen LogP contribution in [0.15, 0.2) is 65.1 Å². The Balaban J connectivity index is 2.91. The van der Waals surface area contributed by atoms with Gasteiger partial charge in [0.1, 0.15) is 0 Å². The Kier molecular flexibility index (Phi) is 5.67. The minimum Gasteiger partial charge on any atom is -0.269 e. The Hall–Kier alpha value is -2.14. The van der Waals surface area contributed by atoms with Gasteiger partial charge in [-0.05, 0) is 32.9 Å². The molecule has 0 aliphatic carbocycles. The first-order valence-electron chi connectivity index (χ1n) is 6.37. The maximum atomic E-state index is 12.1. The van der Waals surface area contributed by atoms with Crippen LogP contribution in [0.2, 0.25) is 0 Å². The predicted molar refractivity (Wildman–Crippen MR) is 84.2 cm³/mol. The number of aryl methyl sites for hydroxylation is 1. The van der Waals surface area contributed by atoms with Gasteiger partial charge in [0.15, 0.2) is 0 Å². The van der Waals surface area contributed by atoms with Gasteiger partial charge in [0.25, 0.3) is 15.9 Å². The molecule has 0 saturated carbocycles. The molecule has 0 atom stereocenters. The Bertz CT molecular complexity index is 696. The number of hydrogen-bond donors (Lipinski definition) is 1. The zero-order valence-corrected chi connectivity index (χ0v) is 13.2. The van der Waals surface area contributed by atoms with Crippen molar-refractivity contribution in [2.24, 2.45) is 0 Å². The van der Waals surface area contributed by atoms with Gasteiger partial charge in [-0.25, -0.2) is 13.1 Å². The molecule has 0 spiro atoms. The molecule has 0 aromatic heterocycles. The second-order valence-electron chi connectivity index (χ2n) is 4.71. The van der Waals surface area contributed by atoms with Gasteiger partial charge >= 0.3 is 0 Å². The molecule has 112 valence electrons. The van der Waals surface area contributed by atoms with E-state index in [1.807, 2.05) is 18.6 Å². The van der Waals surface area contributed by atoms with E-state index in [0.717, 1.165) is 11.1 Å². The van der Waals surface area contributed by atoms with E-state index in [0.29, 0.717) is 5.57 Å². The zero-order chi connectivity index (χ0) is 16.0. The molecule has 0 aliphatic heterocycles. The molecule has 0 bridgehead atoms. The highest BCUT2D eigenvalue weighted by Gasteiger charge is 2.17. The highest BCUT2D eigenvalue weighted by Crippen LogP contribution is 2.10. The van der Waals surface area contributed by atoms with Crippen LogP contribution in [0.25, 0.3) is 0 Å². The molecule has 1 N–H and O–H groups in total. The van der Waals surface area contributed by atoms with Gasteiger partial charge in [-0.15, -0.1) is 0 Å². The molecule has 1 aromatic carbocycles. The fourth-order valence-corrected chi connectivity index (χ4v) is 2.40. The van der Waals surface area contributed by atoms with Crippen LogP contribution in [0.1, 0.15) is 19.4 Å². The smallest absolute Gasteiger partial charge is 0.264 e. The SMILES string of the molecule is C=C/C(C)=C\C=C(/C)C(=O)NS(=O)(=O)c1ccc(C)cc1. The second-order valence-corrected chi connectivity index (χ2v) is 6.39. The summed E-state index contributed by atoms with van der Waals surface area (Å²) in [5.74, 6) is -0.649. The summed E-state index contributed by atoms with van der Waals surface area (Å²) in [6.07, 6.45) is 4.89. The first-order chi connectivity index (χ1) is 9.76. The Labute approximate surface area is 125 Å². The number of amides is 1. The molecule has 21 heavy (non-hydrogen) atoms. The molecule has 1 amide bonds. The lowest BCUT2D eigenvalue weighted by Crippen LogP contribution is -2.31. The topological polar surface area (TPSA) is 63.2 Å². The van der Waals surface area contributed by atoms with Crippen LogP contribution < -0.4 is 4.72 Å². The van der Waals surface area contributed by atoms with Gasteiger partial charge < -0.3 is 0 Å². The average molecular weight is 305 g/mol. The van der Waals surface area contributed by atoms with Crippen molar-refractivity contribution in [1.82, 2.24) is 4.72 Å². The normalized spacial score (nSPS) is 12.9. The maximum Gasteiger partial charge on any atom is 0.264 e. The van der Waals surface area contributed by atoms with Gasteiger partial charge in [-0.2, -0.15) is 0 Å². The standard InChI is InChI=1S/C16H19NO3S/c1-5-12(2)6-9-14(4)16(18)17-21(19,20)15-10-7-13(3)8-11-15/h5-11H,1H2,2-4H3,(H,17,18)/b12-6-,14-9+. The largest absolute Gasteiger partial charge is 0.269 e. The lowest BCUT2D eigenvalue weighted by molar-refractivity contribution is -0.115. The molecular weight excluding hydrogens is 286 g/mol. The summed E-state index contributed by atoms with van der Waals surface area (Å²) in [5, 5.41) is 0. The van der Waals surface area contributed by atoms with Gasteiger partial charge in [0.05, 0.1) is 4.90 Å². The van der Waals surface area contributed by atoms with Crippen LogP contribution in [0.4, 0.5) is 0 Å². The predicted octanol–water partition coefficient (Wildman–Crippen LogP) is 2.88.